The van der Waals surface area contributed by atoms with Gasteiger partial charge < -0.3 is 20.3 Å². The van der Waals surface area contributed by atoms with Crippen molar-refractivity contribution in [2.75, 3.05) is 13.2 Å². The molecule has 0 spiro atoms. The van der Waals surface area contributed by atoms with Gasteiger partial charge in [-0.3, -0.25) is 0 Å². The summed E-state index contributed by atoms with van der Waals surface area (Å²) in [6.45, 7) is 1.72. The molecule has 3 N–H and O–H groups in total. The molecule has 0 rings (SSSR count). The Bertz CT molecular complexity index is 104. The molecule has 0 heterocycles. The molecule has 0 saturated carbocycles. The molecule has 0 bridgehead atoms. The smallest absolute Gasteiger partial charge is 0.407 e. The van der Waals surface area contributed by atoms with E-state index in [1.807, 2.05) is 0 Å². The molecule has 5 nitrogen and oxygen atoms in total. The highest BCUT2D eigenvalue weighted by atomic mass is 16.5. The Morgan fingerprint density at radius 3 is 2.70 bits per heavy atom. The van der Waals surface area contributed by atoms with Crippen molar-refractivity contribution >= 4 is 6.09 Å². The van der Waals surface area contributed by atoms with Crippen molar-refractivity contribution < 1.29 is 19.7 Å². The predicted octanol–water partition coefficient (Wildman–Crippen LogP) is -0.957. The zero-order valence-electron chi connectivity index (χ0n) is 5.70. The van der Waals surface area contributed by atoms with E-state index < -0.39 is 12.4 Å². The minimum atomic E-state index is -1.52. The summed E-state index contributed by atoms with van der Waals surface area (Å²) in [6.07, 6.45) is -2.17. The third-order valence-corrected chi connectivity index (χ3v) is 0.704. The second-order valence-electron chi connectivity index (χ2n) is 1.58. The van der Waals surface area contributed by atoms with E-state index >= 15 is 0 Å². The molecule has 0 fully saturated rings. The zero-order valence-corrected chi connectivity index (χ0v) is 5.70. The van der Waals surface area contributed by atoms with Crippen LogP contribution in [0.5, 0.6) is 0 Å². The van der Waals surface area contributed by atoms with Crippen LogP contribution < -0.4 is 5.32 Å². The lowest BCUT2D eigenvalue weighted by molar-refractivity contribution is -0.0368. The Morgan fingerprint density at radius 1 is 1.70 bits per heavy atom. The first-order valence-electron chi connectivity index (χ1n) is 2.93. The molecule has 0 saturated heterocycles. The monoisotopic (exact) mass is 149 g/mol. The van der Waals surface area contributed by atoms with Gasteiger partial charge in [-0.25, -0.2) is 4.79 Å². The minimum absolute atomic E-state index is 0.209. The normalized spacial score (nSPS) is 9.60. The zero-order chi connectivity index (χ0) is 7.98. The van der Waals surface area contributed by atoms with Crippen molar-refractivity contribution in [3.8, 4) is 0 Å². The minimum Gasteiger partial charge on any atom is -0.450 e. The molecule has 0 atom stereocenters. The molecule has 10 heavy (non-hydrogen) atoms. The SMILES string of the molecule is CCOC(=O)NCC(O)O. The molecule has 0 aromatic carbocycles. The van der Waals surface area contributed by atoms with Crippen LogP contribution in [-0.2, 0) is 4.74 Å². The van der Waals surface area contributed by atoms with Gasteiger partial charge in [-0.2, -0.15) is 0 Å². The van der Waals surface area contributed by atoms with Crippen molar-refractivity contribution in [1.82, 2.24) is 5.32 Å². The highest BCUT2D eigenvalue weighted by Gasteiger charge is 2.01. The van der Waals surface area contributed by atoms with Crippen molar-refractivity contribution in [2.24, 2.45) is 0 Å². The Labute approximate surface area is 58.6 Å². The fourth-order valence-corrected chi connectivity index (χ4v) is 0.357. The van der Waals surface area contributed by atoms with E-state index in [1.165, 1.54) is 0 Å². The second kappa shape index (κ2) is 5.01. The molecule has 0 unspecified atom stereocenters. The lowest BCUT2D eigenvalue weighted by Crippen LogP contribution is -2.32. The van der Waals surface area contributed by atoms with E-state index in [-0.39, 0.29) is 13.2 Å². The van der Waals surface area contributed by atoms with E-state index in [1.54, 1.807) is 6.92 Å². The van der Waals surface area contributed by atoms with Gasteiger partial charge in [-0.05, 0) is 6.92 Å². The molecule has 5 heteroatoms. The van der Waals surface area contributed by atoms with Crippen LogP contribution in [0, 0.1) is 0 Å². The fraction of sp³-hybridized carbons (Fsp3) is 0.800. The fourth-order valence-electron chi connectivity index (χ4n) is 0.357. The lowest BCUT2D eigenvalue weighted by Gasteiger charge is -2.05. The molecule has 0 aromatic rings. The van der Waals surface area contributed by atoms with Gasteiger partial charge in [0.15, 0.2) is 6.29 Å². The summed E-state index contributed by atoms with van der Waals surface area (Å²) in [4.78, 5) is 10.4. The van der Waals surface area contributed by atoms with Crippen molar-refractivity contribution in [3.63, 3.8) is 0 Å². The maximum atomic E-state index is 10.4. The first-order valence-corrected chi connectivity index (χ1v) is 2.93. The Hall–Kier alpha value is -0.810. The number of hydrogen-bond acceptors (Lipinski definition) is 4. The van der Waals surface area contributed by atoms with Crippen LogP contribution in [0.1, 0.15) is 6.92 Å². The summed E-state index contributed by atoms with van der Waals surface area (Å²) in [5.74, 6) is 0. The number of aliphatic hydroxyl groups is 2. The lowest BCUT2D eigenvalue weighted by atomic mass is 10.6. The molecular weight excluding hydrogens is 138 g/mol. The van der Waals surface area contributed by atoms with E-state index in [4.69, 9.17) is 10.2 Å². The average molecular weight is 149 g/mol. The third kappa shape index (κ3) is 5.33. The Kier molecular flexibility index (Phi) is 4.61. The number of carbonyl (C=O) groups is 1. The van der Waals surface area contributed by atoms with Gasteiger partial charge in [0.25, 0.3) is 0 Å². The molecule has 0 aliphatic carbocycles. The first-order chi connectivity index (χ1) is 4.66. The molecule has 0 radical (unpaired) electrons. The highest BCUT2D eigenvalue weighted by molar-refractivity contribution is 5.66. The number of ether oxygens (including phenoxy) is 1. The van der Waals surface area contributed by atoms with Gasteiger partial charge in [0.1, 0.15) is 0 Å². The van der Waals surface area contributed by atoms with Crippen LogP contribution in [0.15, 0.2) is 0 Å². The largest absolute Gasteiger partial charge is 0.450 e. The molecule has 0 aliphatic heterocycles. The van der Waals surface area contributed by atoms with Crippen molar-refractivity contribution in [1.29, 1.82) is 0 Å². The Balaban J connectivity index is 3.22. The second-order valence-corrected chi connectivity index (χ2v) is 1.58. The van der Waals surface area contributed by atoms with E-state index in [9.17, 15) is 4.79 Å². The molecule has 0 aliphatic rings. The van der Waals surface area contributed by atoms with Gasteiger partial charge in [-0.1, -0.05) is 0 Å². The topological polar surface area (TPSA) is 78.8 Å². The summed E-state index contributed by atoms with van der Waals surface area (Å²) in [5, 5.41) is 18.6. The highest BCUT2D eigenvalue weighted by Crippen LogP contribution is 1.76. The molecular formula is C5H11NO4. The van der Waals surface area contributed by atoms with Gasteiger partial charge in [-0.15, -0.1) is 0 Å². The number of rotatable bonds is 3. The van der Waals surface area contributed by atoms with Gasteiger partial charge >= 0.3 is 6.09 Å². The molecule has 1 amide bonds. The number of carbonyl (C=O) groups excluding carboxylic acids is 1. The van der Waals surface area contributed by atoms with Crippen LogP contribution in [0.4, 0.5) is 4.79 Å². The van der Waals surface area contributed by atoms with Crippen molar-refractivity contribution in [2.45, 2.75) is 13.2 Å². The van der Waals surface area contributed by atoms with E-state index in [0.717, 1.165) is 0 Å². The number of nitrogens with one attached hydrogen (secondary N) is 1. The van der Waals surface area contributed by atoms with Gasteiger partial charge in [0.05, 0.1) is 13.2 Å². The first kappa shape index (κ1) is 9.19. The predicted molar refractivity (Wildman–Crippen MR) is 33.3 cm³/mol. The summed E-state index contributed by atoms with van der Waals surface area (Å²) in [6, 6.07) is 0. The van der Waals surface area contributed by atoms with Gasteiger partial charge in [0, 0.05) is 0 Å². The standard InChI is InChI=1S/C5H11NO4/c1-2-10-5(9)6-3-4(7)8/h4,7-8H,2-3H2,1H3,(H,6,9). The van der Waals surface area contributed by atoms with Crippen molar-refractivity contribution in [3.05, 3.63) is 0 Å². The maximum Gasteiger partial charge on any atom is 0.407 e. The summed E-state index contributed by atoms with van der Waals surface area (Å²) in [7, 11) is 0. The number of hydrogen-bond donors (Lipinski definition) is 3. The molecule has 0 aromatic heterocycles. The average Bonchev–Trinajstić information content (AvgIpc) is 1.85. The maximum absolute atomic E-state index is 10.4. The quantitative estimate of drug-likeness (QED) is 0.452. The van der Waals surface area contributed by atoms with Crippen LogP contribution in [0.25, 0.3) is 0 Å². The Morgan fingerprint density at radius 2 is 2.30 bits per heavy atom. The van der Waals surface area contributed by atoms with E-state index in [0.29, 0.717) is 0 Å². The van der Waals surface area contributed by atoms with Crippen LogP contribution in [0.2, 0.25) is 0 Å². The summed E-state index contributed by atoms with van der Waals surface area (Å²) in [5.41, 5.74) is 0. The summed E-state index contributed by atoms with van der Waals surface area (Å²) < 4.78 is 4.42. The molecule has 60 valence electrons. The number of aliphatic hydroxyl groups excluding tert-OH is 1. The van der Waals surface area contributed by atoms with E-state index in [2.05, 4.69) is 10.1 Å². The number of amides is 1. The van der Waals surface area contributed by atoms with Crippen LogP contribution in [0.3, 0.4) is 0 Å². The summed E-state index contributed by atoms with van der Waals surface area (Å²) >= 11 is 0. The third-order valence-electron chi connectivity index (χ3n) is 0.704. The van der Waals surface area contributed by atoms with Gasteiger partial charge in [0.2, 0.25) is 0 Å². The van der Waals surface area contributed by atoms with Crippen LogP contribution >= 0.6 is 0 Å². The van der Waals surface area contributed by atoms with Crippen LogP contribution in [-0.4, -0.2) is 35.7 Å². The number of alkyl carbamates (subject to hydrolysis) is 1.